The summed E-state index contributed by atoms with van der Waals surface area (Å²) < 4.78 is 0. The van der Waals surface area contributed by atoms with Crippen molar-refractivity contribution in [2.24, 2.45) is 5.73 Å². The first-order valence-electron chi connectivity index (χ1n) is 5.17. The van der Waals surface area contributed by atoms with E-state index in [9.17, 15) is 4.79 Å². The minimum Gasteiger partial charge on any atom is -0.480 e. The van der Waals surface area contributed by atoms with Crippen LogP contribution in [0.5, 0.6) is 0 Å². The van der Waals surface area contributed by atoms with E-state index < -0.39 is 12.0 Å². The summed E-state index contributed by atoms with van der Waals surface area (Å²) in [6.45, 7) is 1.97. The third-order valence-corrected chi connectivity index (χ3v) is 2.60. The van der Waals surface area contributed by atoms with Crippen LogP contribution < -0.4 is 10.6 Å². The van der Waals surface area contributed by atoms with Crippen LogP contribution in [0, 0.1) is 6.92 Å². The lowest BCUT2D eigenvalue weighted by molar-refractivity contribution is -0.138. The van der Waals surface area contributed by atoms with Gasteiger partial charge in [-0.2, -0.15) is 0 Å². The van der Waals surface area contributed by atoms with Crippen molar-refractivity contribution in [1.29, 1.82) is 0 Å². The summed E-state index contributed by atoms with van der Waals surface area (Å²) in [6, 6.07) is 5.11. The summed E-state index contributed by atoms with van der Waals surface area (Å²) in [5.41, 5.74) is 8.67. The van der Waals surface area contributed by atoms with Crippen molar-refractivity contribution >= 4 is 11.7 Å². The Bertz CT molecular complexity index is 389. The van der Waals surface area contributed by atoms with Gasteiger partial charge < -0.3 is 15.7 Å². The van der Waals surface area contributed by atoms with Gasteiger partial charge in [0.05, 0.1) is 0 Å². The lowest BCUT2D eigenvalue weighted by Gasteiger charge is -2.16. The van der Waals surface area contributed by atoms with Gasteiger partial charge in [0.15, 0.2) is 0 Å². The second-order valence-electron chi connectivity index (χ2n) is 4.15. The van der Waals surface area contributed by atoms with Crippen molar-refractivity contribution in [3.63, 3.8) is 0 Å². The van der Waals surface area contributed by atoms with Gasteiger partial charge in [0.1, 0.15) is 6.04 Å². The van der Waals surface area contributed by atoms with Crippen LogP contribution in [-0.2, 0) is 11.2 Å². The summed E-state index contributed by atoms with van der Waals surface area (Å²) in [7, 11) is 3.94. The topological polar surface area (TPSA) is 66.6 Å². The van der Waals surface area contributed by atoms with Crippen LogP contribution in [0.15, 0.2) is 18.2 Å². The number of hydrogen-bond acceptors (Lipinski definition) is 3. The molecular weight excluding hydrogens is 204 g/mol. The Morgan fingerprint density at radius 1 is 1.50 bits per heavy atom. The first-order valence-corrected chi connectivity index (χ1v) is 5.17. The van der Waals surface area contributed by atoms with Gasteiger partial charge in [-0.3, -0.25) is 4.79 Å². The second kappa shape index (κ2) is 4.99. The molecular formula is C12H18N2O2. The smallest absolute Gasteiger partial charge is 0.320 e. The molecule has 16 heavy (non-hydrogen) atoms. The zero-order valence-corrected chi connectivity index (χ0v) is 9.90. The fourth-order valence-corrected chi connectivity index (χ4v) is 1.51. The van der Waals surface area contributed by atoms with E-state index in [0.717, 1.165) is 16.8 Å². The molecule has 3 N–H and O–H groups in total. The van der Waals surface area contributed by atoms with E-state index in [-0.39, 0.29) is 0 Å². The van der Waals surface area contributed by atoms with Gasteiger partial charge >= 0.3 is 5.97 Å². The highest BCUT2D eigenvalue weighted by molar-refractivity contribution is 5.73. The average molecular weight is 222 g/mol. The molecule has 0 fully saturated rings. The van der Waals surface area contributed by atoms with E-state index in [0.29, 0.717) is 6.42 Å². The molecule has 1 unspecified atom stereocenters. The summed E-state index contributed by atoms with van der Waals surface area (Å²) in [5, 5.41) is 8.74. The van der Waals surface area contributed by atoms with E-state index in [2.05, 4.69) is 0 Å². The maximum Gasteiger partial charge on any atom is 0.320 e. The van der Waals surface area contributed by atoms with Crippen molar-refractivity contribution in [3.8, 4) is 0 Å². The minimum atomic E-state index is -0.962. The van der Waals surface area contributed by atoms with E-state index in [1.54, 1.807) is 0 Å². The highest BCUT2D eigenvalue weighted by Crippen LogP contribution is 2.18. The Kier molecular flexibility index (Phi) is 3.90. The SMILES string of the molecule is Cc1cc(N(C)C)ccc1CC(N)C(=O)O. The molecule has 0 heterocycles. The molecule has 4 nitrogen and oxygen atoms in total. The van der Waals surface area contributed by atoms with Gasteiger partial charge in [-0.25, -0.2) is 0 Å². The van der Waals surface area contributed by atoms with Crippen molar-refractivity contribution in [2.45, 2.75) is 19.4 Å². The zero-order valence-electron chi connectivity index (χ0n) is 9.90. The van der Waals surface area contributed by atoms with Gasteiger partial charge in [-0.15, -0.1) is 0 Å². The largest absolute Gasteiger partial charge is 0.480 e. The minimum absolute atomic E-state index is 0.370. The molecule has 0 amide bonds. The molecule has 88 valence electrons. The zero-order chi connectivity index (χ0) is 12.3. The van der Waals surface area contributed by atoms with E-state index in [1.807, 2.05) is 44.1 Å². The predicted octanol–water partition coefficient (Wildman–Crippen LogP) is 1.02. The molecule has 1 aromatic carbocycles. The second-order valence-corrected chi connectivity index (χ2v) is 4.15. The molecule has 0 bridgehead atoms. The standard InChI is InChI=1S/C12H18N2O2/c1-8-6-10(14(2)3)5-4-9(8)7-11(13)12(15)16/h4-6,11H,7,13H2,1-3H3,(H,15,16). The number of rotatable bonds is 4. The van der Waals surface area contributed by atoms with Gasteiger partial charge in [-0.1, -0.05) is 6.07 Å². The average Bonchev–Trinajstić information content (AvgIpc) is 2.20. The molecule has 0 aliphatic rings. The van der Waals surface area contributed by atoms with E-state index >= 15 is 0 Å². The third-order valence-electron chi connectivity index (χ3n) is 2.60. The number of carboxylic acid groups (broad SMARTS) is 1. The summed E-state index contributed by atoms with van der Waals surface area (Å²) in [5.74, 6) is -0.962. The lowest BCUT2D eigenvalue weighted by Crippen LogP contribution is -2.32. The molecule has 1 atom stereocenters. The maximum absolute atomic E-state index is 10.7. The van der Waals surface area contributed by atoms with Crippen LogP contribution in [-0.4, -0.2) is 31.2 Å². The molecule has 0 saturated heterocycles. The van der Waals surface area contributed by atoms with Crippen LogP contribution in [0.4, 0.5) is 5.69 Å². The molecule has 0 radical (unpaired) electrons. The molecule has 1 rings (SSSR count). The quantitative estimate of drug-likeness (QED) is 0.798. The third kappa shape index (κ3) is 2.97. The van der Waals surface area contributed by atoms with Gasteiger partial charge in [0.25, 0.3) is 0 Å². The number of benzene rings is 1. The van der Waals surface area contributed by atoms with Crippen LogP contribution >= 0.6 is 0 Å². The van der Waals surface area contributed by atoms with Gasteiger partial charge in [0.2, 0.25) is 0 Å². The monoisotopic (exact) mass is 222 g/mol. The number of anilines is 1. The first kappa shape index (κ1) is 12.5. The number of nitrogens with zero attached hydrogens (tertiary/aromatic N) is 1. The fraction of sp³-hybridized carbons (Fsp3) is 0.417. The summed E-state index contributed by atoms with van der Waals surface area (Å²) in [6.07, 6.45) is 0.370. The van der Waals surface area contributed by atoms with Gasteiger partial charge in [0, 0.05) is 19.8 Å². The Hall–Kier alpha value is -1.55. The Balaban J connectivity index is 2.87. The van der Waals surface area contributed by atoms with Gasteiger partial charge in [-0.05, 0) is 36.6 Å². The van der Waals surface area contributed by atoms with Crippen molar-refractivity contribution in [3.05, 3.63) is 29.3 Å². The van der Waals surface area contributed by atoms with Crippen molar-refractivity contribution in [2.75, 3.05) is 19.0 Å². The van der Waals surface area contributed by atoms with Crippen molar-refractivity contribution < 1.29 is 9.90 Å². The number of aryl methyl sites for hydroxylation is 1. The normalized spacial score (nSPS) is 12.2. The molecule has 0 aliphatic carbocycles. The number of nitrogens with two attached hydrogens (primary N) is 1. The molecule has 0 aliphatic heterocycles. The molecule has 0 spiro atoms. The summed E-state index contributed by atoms with van der Waals surface area (Å²) >= 11 is 0. The maximum atomic E-state index is 10.7. The molecule has 0 saturated carbocycles. The molecule has 1 aromatic rings. The highest BCUT2D eigenvalue weighted by Gasteiger charge is 2.13. The summed E-state index contributed by atoms with van der Waals surface area (Å²) in [4.78, 5) is 12.7. The number of aliphatic carboxylic acids is 1. The lowest BCUT2D eigenvalue weighted by atomic mass is 10.0. The Morgan fingerprint density at radius 2 is 2.12 bits per heavy atom. The first-order chi connectivity index (χ1) is 7.41. The van der Waals surface area contributed by atoms with Crippen LogP contribution in [0.3, 0.4) is 0 Å². The number of hydrogen-bond donors (Lipinski definition) is 2. The Morgan fingerprint density at radius 3 is 2.56 bits per heavy atom. The molecule has 4 heteroatoms. The number of carbonyl (C=O) groups is 1. The number of carboxylic acids is 1. The highest BCUT2D eigenvalue weighted by atomic mass is 16.4. The van der Waals surface area contributed by atoms with Crippen molar-refractivity contribution in [1.82, 2.24) is 0 Å². The van der Waals surface area contributed by atoms with E-state index in [1.165, 1.54) is 0 Å². The van der Waals surface area contributed by atoms with Crippen LogP contribution in [0.2, 0.25) is 0 Å². The Labute approximate surface area is 95.7 Å². The van der Waals surface area contributed by atoms with Crippen LogP contribution in [0.25, 0.3) is 0 Å². The predicted molar refractivity (Wildman–Crippen MR) is 64.8 cm³/mol. The molecule has 0 aromatic heterocycles. The fourth-order valence-electron chi connectivity index (χ4n) is 1.51. The van der Waals surface area contributed by atoms with Crippen LogP contribution in [0.1, 0.15) is 11.1 Å². The van der Waals surface area contributed by atoms with E-state index in [4.69, 9.17) is 10.8 Å².